The topological polar surface area (TPSA) is 217 Å². The highest BCUT2D eigenvalue weighted by molar-refractivity contribution is 5.95. The first-order valence-corrected chi connectivity index (χ1v) is 9.07. The SMILES string of the molecule is CC(C)C(NC(=O)C(CC(=O)O)NC(=O)C(Cc1cnc[nH]1)NC(=O)CN)C(=O)O. The number of carbonyl (C=O) groups excluding carboxylic acids is 3. The normalized spacial score (nSPS) is 13.7. The van der Waals surface area contributed by atoms with Crippen LogP contribution in [0.1, 0.15) is 26.0 Å². The van der Waals surface area contributed by atoms with Gasteiger partial charge in [0, 0.05) is 18.3 Å². The first kappa shape index (κ1) is 24.6. The molecule has 1 aromatic rings. The minimum absolute atomic E-state index is 0.0251. The summed E-state index contributed by atoms with van der Waals surface area (Å²) in [5.41, 5.74) is 5.76. The van der Waals surface area contributed by atoms with Crippen molar-refractivity contribution in [3.63, 3.8) is 0 Å². The summed E-state index contributed by atoms with van der Waals surface area (Å²) in [6, 6.07) is -4.01. The molecule has 0 aromatic carbocycles. The van der Waals surface area contributed by atoms with Crippen molar-refractivity contribution in [1.29, 1.82) is 0 Å². The third-order valence-electron chi connectivity index (χ3n) is 4.06. The number of imidazole rings is 1. The minimum atomic E-state index is -1.56. The van der Waals surface area contributed by atoms with Crippen LogP contribution in [0.25, 0.3) is 0 Å². The summed E-state index contributed by atoms with van der Waals surface area (Å²) < 4.78 is 0. The van der Waals surface area contributed by atoms with Gasteiger partial charge < -0.3 is 36.9 Å². The van der Waals surface area contributed by atoms with Gasteiger partial charge in [-0.05, 0) is 5.92 Å². The van der Waals surface area contributed by atoms with Gasteiger partial charge in [-0.1, -0.05) is 13.8 Å². The molecule has 3 unspecified atom stereocenters. The zero-order chi connectivity index (χ0) is 22.8. The van der Waals surface area contributed by atoms with E-state index in [0.717, 1.165) is 0 Å². The molecule has 0 spiro atoms. The first-order valence-electron chi connectivity index (χ1n) is 9.07. The van der Waals surface area contributed by atoms with Crippen LogP contribution in [0.5, 0.6) is 0 Å². The Morgan fingerprint density at radius 2 is 1.70 bits per heavy atom. The van der Waals surface area contributed by atoms with Gasteiger partial charge in [-0.2, -0.15) is 0 Å². The quantitative estimate of drug-likeness (QED) is 0.189. The number of H-pyrrole nitrogens is 1. The van der Waals surface area contributed by atoms with Gasteiger partial charge in [0.05, 0.1) is 19.3 Å². The van der Waals surface area contributed by atoms with E-state index >= 15 is 0 Å². The fourth-order valence-corrected chi connectivity index (χ4v) is 2.50. The lowest BCUT2D eigenvalue weighted by Crippen LogP contribution is -2.57. The molecule has 0 aliphatic carbocycles. The molecule has 1 aromatic heterocycles. The third kappa shape index (κ3) is 7.87. The molecule has 3 amide bonds. The number of amides is 3. The molecule has 0 aliphatic rings. The maximum Gasteiger partial charge on any atom is 0.326 e. The van der Waals surface area contributed by atoms with Gasteiger partial charge in [0.15, 0.2) is 0 Å². The van der Waals surface area contributed by atoms with Crippen LogP contribution in [0, 0.1) is 5.92 Å². The molecule has 1 heterocycles. The Kier molecular flexibility index (Phi) is 9.42. The summed E-state index contributed by atoms with van der Waals surface area (Å²) >= 11 is 0. The second-order valence-corrected chi connectivity index (χ2v) is 6.83. The molecule has 8 N–H and O–H groups in total. The van der Waals surface area contributed by atoms with Crippen LogP contribution in [0.3, 0.4) is 0 Å². The van der Waals surface area contributed by atoms with Gasteiger partial charge in [-0.25, -0.2) is 9.78 Å². The van der Waals surface area contributed by atoms with Gasteiger partial charge >= 0.3 is 11.9 Å². The molecular weight excluding hydrogens is 400 g/mol. The molecule has 0 radical (unpaired) electrons. The number of hydrogen-bond acceptors (Lipinski definition) is 7. The Bertz CT molecular complexity index is 765. The maximum atomic E-state index is 12.7. The van der Waals surface area contributed by atoms with E-state index in [0.29, 0.717) is 5.69 Å². The van der Waals surface area contributed by atoms with Crippen molar-refractivity contribution in [3.05, 3.63) is 18.2 Å². The van der Waals surface area contributed by atoms with Crippen LogP contribution < -0.4 is 21.7 Å². The van der Waals surface area contributed by atoms with Crippen molar-refractivity contribution in [3.8, 4) is 0 Å². The van der Waals surface area contributed by atoms with Crippen LogP contribution in [0.4, 0.5) is 0 Å². The lowest BCUT2D eigenvalue weighted by Gasteiger charge is -2.24. The van der Waals surface area contributed by atoms with Gasteiger partial charge in [0.1, 0.15) is 18.1 Å². The van der Waals surface area contributed by atoms with Gasteiger partial charge in [0.25, 0.3) is 0 Å². The first-order chi connectivity index (χ1) is 14.0. The highest BCUT2D eigenvalue weighted by atomic mass is 16.4. The van der Waals surface area contributed by atoms with Crippen molar-refractivity contribution in [2.75, 3.05) is 6.54 Å². The fourth-order valence-electron chi connectivity index (χ4n) is 2.50. The number of hydrogen-bond donors (Lipinski definition) is 7. The van der Waals surface area contributed by atoms with E-state index < -0.39 is 60.1 Å². The minimum Gasteiger partial charge on any atom is -0.481 e. The molecule has 13 nitrogen and oxygen atoms in total. The zero-order valence-corrected chi connectivity index (χ0v) is 16.5. The molecule has 0 fully saturated rings. The summed E-state index contributed by atoms with van der Waals surface area (Å²) in [6.07, 6.45) is 1.98. The number of carboxylic acids is 2. The second-order valence-electron chi connectivity index (χ2n) is 6.83. The molecule has 0 saturated carbocycles. The predicted molar refractivity (Wildman–Crippen MR) is 102 cm³/mol. The smallest absolute Gasteiger partial charge is 0.326 e. The van der Waals surface area contributed by atoms with E-state index in [2.05, 4.69) is 25.9 Å². The fraction of sp³-hybridized carbons (Fsp3) is 0.529. The molecule has 166 valence electrons. The summed E-state index contributed by atoms with van der Waals surface area (Å²) in [4.78, 5) is 65.8. The van der Waals surface area contributed by atoms with E-state index in [1.165, 1.54) is 12.5 Å². The van der Waals surface area contributed by atoms with E-state index in [9.17, 15) is 29.1 Å². The monoisotopic (exact) mass is 426 g/mol. The molecule has 0 aliphatic heterocycles. The molecule has 3 atom stereocenters. The average Bonchev–Trinajstić information content (AvgIpc) is 3.16. The Balaban J connectivity index is 2.99. The summed E-state index contributed by atoms with van der Waals surface area (Å²) in [7, 11) is 0. The number of aromatic amines is 1. The number of carboxylic acid groups (broad SMARTS) is 2. The number of nitrogens with two attached hydrogens (primary N) is 1. The van der Waals surface area contributed by atoms with E-state index in [-0.39, 0.29) is 13.0 Å². The average molecular weight is 426 g/mol. The highest BCUT2D eigenvalue weighted by Crippen LogP contribution is 2.05. The molecular formula is C17H26N6O7. The number of nitrogens with one attached hydrogen (secondary N) is 4. The van der Waals surface area contributed by atoms with Crippen LogP contribution in [-0.2, 0) is 30.4 Å². The largest absolute Gasteiger partial charge is 0.481 e. The Morgan fingerprint density at radius 1 is 1.07 bits per heavy atom. The van der Waals surface area contributed by atoms with E-state index in [1.54, 1.807) is 13.8 Å². The van der Waals surface area contributed by atoms with Gasteiger partial charge in [0.2, 0.25) is 17.7 Å². The van der Waals surface area contributed by atoms with Crippen molar-refractivity contribution >= 4 is 29.7 Å². The number of rotatable bonds is 12. The van der Waals surface area contributed by atoms with Crippen molar-refractivity contribution in [1.82, 2.24) is 25.9 Å². The van der Waals surface area contributed by atoms with Gasteiger partial charge in [-0.15, -0.1) is 0 Å². The number of carbonyl (C=O) groups is 5. The van der Waals surface area contributed by atoms with Crippen LogP contribution >= 0.6 is 0 Å². The van der Waals surface area contributed by atoms with Crippen LogP contribution in [0.2, 0.25) is 0 Å². The summed E-state index contributed by atoms with van der Waals surface area (Å²) in [5, 5.41) is 25.2. The van der Waals surface area contributed by atoms with E-state index in [4.69, 9.17) is 10.8 Å². The lowest BCUT2D eigenvalue weighted by molar-refractivity contribution is -0.144. The molecule has 1 rings (SSSR count). The number of nitrogens with zero attached hydrogens (tertiary/aromatic N) is 1. The van der Waals surface area contributed by atoms with Crippen LogP contribution in [-0.4, -0.2) is 74.5 Å². The Hall–Kier alpha value is -3.48. The highest BCUT2D eigenvalue weighted by Gasteiger charge is 2.32. The molecule has 0 saturated heterocycles. The second kappa shape index (κ2) is 11.5. The van der Waals surface area contributed by atoms with Gasteiger partial charge in [-0.3, -0.25) is 19.2 Å². The number of aromatic nitrogens is 2. The Labute approximate surface area is 171 Å². The van der Waals surface area contributed by atoms with E-state index in [1.807, 2.05) is 0 Å². The van der Waals surface area contributed by atoms with Crippen LogP contribution in [0.15, 0.2) is 12.5 Å². The Morgan fingerprint density at radius 3 is 2.17 bits per heavy atom. The van der Waals surface area contributed by atoms with Crippen molar-refractivity contribution in [2.45, 2.75) is 44.8 Å². The number of aliphatic carboxylic acids is 2. The predicted octanol–water partition coefficient (Wildman–Crippen LogP) is -2.42. The molecule has 13 heteroatoms. The molecule has 30 heavy (non-hydrogen) atoms. The lowest BCUT2D eigenvalue weighted by atomic mass is 10.0. The van der Waals surface area contributed by atoms with Crippen molar-refractivity contribution < 1.29 is 34.2 Å². The van der Waals surface area contributed by atoms with Crippen molar-refractivity contribution in [2.24, 2.45) is 11.7 Å². The summed E-state index contributed by atoms with van der Waals surface area (Å²) in [5.74, 6) is -5.63. The maximum absolute atomic E-state index is 12.7. The summed E-state index contributed by atoms with van der Waals surface area (Å²) in [6.45, 7) is 2.74. The molecule has 0 bridgehead atoms. The zero-order valence-electron chi connectivity index (χ0n) is 16.5. The standard InChI is InChI=1S/C17H26N6O7/c1-8(2)14(17(29)30)23-16(28)11(4-13(25)26)22-15(27)10(21-12(24)5-18)3-9-6-19-7-20-9/h6-8,10-11,14H,3-5,18H2,1-2H3,(H,19,20)(H,21,24)(H,22,27)(H,23,28)(H,25,26)(H,29,30). The third-order valence-corrected chi connectivity index (χ3v) is 4.06.